The Morgan fingerprint density at radius 3 is 2.38 bits per heavy atom. The van der Waals surface area contributed by atoms with Crippen LogP contribution < -0.4 is 0 Å². The van der Waals surface area contributed by atoms with Crippen molar-refractivity contribution in [3.63, 3.8) is 0 Å². The summed E-state index contributed by atoms with van der Waals surface area (Å²) in [5.41, 5.74) is 1.94. The number of halogens is 1. The summed E-state index contributed by atoms with van der Waals surface area (Å²) in [7, 11) is 0. The molecule has 1 rings (SSSR count). The Bertz CT molecular complexity index is 347. The smallest absolute Gasteiger partial charge is 0.123 e. The van der Waals surface area contributed by atoms with E-state index in [0.29, 0.717) is 12.3 Å². The minimum atomic E-state index is -0.357. The average molecular weight is 224 g/mol. The summed E-state index contributed by atoms with van der Waals surface area (Å²) in [6, 6.07) is 4.73. The summed E-state index contributed by atoms with van der Waals surface area (Å²) in [5.74, 6) is 0.493. The van der Waals surface area contributed by atoms with E-state index in [1.807, 2.05) is 13.8 Å². The molecule has 2 heteroatoms. The molecule has 0 heterocycles. The second-order valence-corrected chi connectivity index (χ2v) is 4.95. The van der Waals surface area contributed by atoms with Crippen LogP contribution in [-0.4, -0.2) is 11.2 Å². The lowest BCUT2D eigenvalue weighted by Crippen LogP contribution is -2.24. The van der Waals surface area contributed by atoms with Gasteiger partial charge in [0.05, 0.1) is 6.10 Å². The molecule has 2 unspecified atom stereocenters. The highest BCUT2D eigenvalue weighted by atomic mass is 19.1. The third kappa shape index (κ3) is 3.31. The van der Waals surface area contributed by atoms with E-state index in [1.54, 1.807) is 6.07 Å². The summed E-state index contributed by atoms with van der Waals surface area (Å²) in [6.45, 7) is 8.14. The third-order valence-electron chi connectivity index (χ3n) is 3.39. The molecule has 0 aliphatic carbocycles. The van der Waals surface area contributed by atoms with E-state index >= 15 is 0 Å². The van der Waals surface area contributed by atoms with Gasteiger partial charge in [0.2, 0.25) is 0 Å². The van der Waals surface area contributed by atoms with Crippen LogP contribution in [-0.2, 0) is 6.42 Å². The second-order valence-electron chi connectivity index (χ2n) is 4.95. The van der Waals surface area contributed by atoms with Gasteiger partial charge in [-0.05, 0) is 48.4 Å². The highest BCUT2D eigenvalue weighted by Gasteiger charge is 2.18. The molecule has 0 spiro atoms. The summed E-state index contributed by atoms with van der Waals surface area (Å²) in [5, 5.41) is 10.0. The van der Waals surface area contributed by atoms with Gasteiger partial charge in [-0.2, -0.15) is 0 Å². The Hall–Kier alpha value is -0.890. The van der Waals surface area contributed by atoms with Gasteiger partial charge >= 0.3 is 0 Å². The summed E-state index contributed by atoms with van der Waals surface area (Å²) in [4.78, 5) is 0. The van der Waals surface area contributed by atoms with Crippen molar-refractivity contribution in [3.05, 3.63) is 35.1 Å². The van der Waals surface area contributed by atoms with Crippen molar-refractivity contribution in [1.29, 1.82) is 0 Å². The number of aliphatic hydroxyl groups excluding tert-OH is 1. The molecular formula is C14H21FO. The Labute approximate surface area is 97.3 Å². The van der Waals surface area contributed by atoms with E-state index in [4.69, 9.17) is 0 Å². The van der Waals surface area contributed by atoms with Crippen LogP contribution in [0.2, 0.25) is 0 Å². The van der Waals surface area contributed by atoms with Crippen LogP contribution in [0.15, 0.2) is 18.2 Å². The van der Waals surface area contributed by atoms with Crippen molar-refractivity contribution < 1.29 is 9.50 Å². The monoisotopic (exact) mass is 224 g/mol. The predicted octanol–water partition coefficient (Wildman–Crippen LogP) is 3.33. The summed E-state index contributed by atoms with van der Waals surface area (Å²) >= 11 is 0. The molecule has 1 aromatic rings. The number of benzene rings is 1. The normalized spacial score (nSPS) is 15.2. The standard InChI is InChI=1S/C14H21FO/c1-9(2)11(4)14(16)8-12-5-6-13(15)7-10(12)3/h5-7,9,11,14,16H,8H2,1-4H3. The van der Waals surface area contributed by atoms with Crippen LogP contribution in [0.25, 0.3) is 0 Å². The van der Waals surface area contributed by atoms with Crippen LogP contribution in [0.5, 0.6) is 0 Å². The molecule has 0 aliphatic heterocycles. The first kappa shape index (κ1) is 13.2. The lowest BCUT2D eigenvalue weighted by molar-refractivity contribution is 0.0920. The fourth-order valence-electron chi connectivity index (χ4n) is 1.74. The zero-order valence-corrected chi connectivity index (χ0v) is 10.5. The minimum Gasteiger partial charge on any atom is -0.392 e. The maximum atomic E-state index is 12.9. The van der Waals surface area contributed by atoms with Crippen molar-refractivity contribution in [2.45, 2.75) is 40.2 Å². The van der Waals surface area contributed by atoms with E-state index in [-0.39, 0.29) is 17.8 Å². The van der Waals surface area contributed by atoms with Crippen LogP contribution in [0.4, 0.5) is 4.39 Å². The van der Waals surface area contributed by atoms with Gasteiger partial charge in [-0.1, -0.05) is 26.8 Å². The number of aryl methyl sites for hydroxylation is 1. The Morgan fingerprint density at radius 1 is 1.25 bits per heavy atom. The quantitative estimate of drug-likeness (QED) is 0.831. The van der Waals surface area contributed by atoms with Gasteiger partial charge in [0.25, 0.3) is 0 Å². The number of rotatable bonds is 4. The molecule has 1 aromatic carbocycles. The molecular weight excluding hydrogens is 203 g/mol. The Morgan fingerprint density at radius 2 is 1.88 bits per heavy atom. The fraction of sp³-hybridized carbons (Fsp3) is 0.571. The minimum absolute atomic E-state index is 0.215. The summed E-state index contributed by atoms with van der Waals surface area (Å²) < 4.78 is 12.9. The van der Waals surface area contributed by atoms with E-state index in [2.05, 4.69) is 13.8 Å². The lowest BCUT2D eigenvalue weighted by Gasteiger charge is -2.22. The van der Waals surface area contributed by atoms with Gasteiger partial charge in [0, 0.05) is 0 Å². The van der Waals surface area contributed by atoms with Crippen LogP contribution in [0.1, 0.15) is 31.9 Å². The zero-order valence-electron chi connectivity index (χ0n) is 10.5. The lowest BCUT2D eigenvalue weighted by atomic mass is 9.88. The number of hydrogen-bond acceptors (Lipinski definition) is 1. The Kier molecular flexibility index (Phi) is 4.48. The maximum absolute atomic E-state index is 12.9. The summed E-state index contributed by atoms with van der Waals surface area (Å²) in [6.07, 6.45) is 0.245. The Balaban J connectivity index is 2.73. The van der Waals surface area contributed by atoms with Gasteiger partial charge in [-0.25, -0.2) is 4.39 Å². The molecule has 0 bridgehead atoms. The van der Waals surface area contributed by atoms with E-state index in [9.17, 15) is 9.50 Å². The molecule has 0 aromatic heterocycles. The van der Waals surface area contributed by atoms with Gasteiger partial charge in [-0.15, -0.1) is 0 Å². The van der Waals surface area contributed by atoms with Crippen molar-refractivity contribution >= 4 is 0 Å². The predicted molar refractivity (Wildman–Crippen MR) is 64.8 cm³/mol. The van der Waals surface area contributed by atoms with Gasteiger partial charge in [-0.3, -0.25) is 0 Å². The maximum Gasteiger partial charge on any atom is 0.123 e. The third-order valence-corrected chi connectivity index (χ3v) is 3.39. The fourth-order valence-corrected chi connectivity index (χ4v) is 1.74. The molecule has 0 aliphatic rings. The largest absolute Gasteiger partial charge is 0.392 e. The van der Waals surface area contributed by atoms with E-state index in [1.165, 1.54) is 12.1 Å². The van der Waals surface area contributed by atoms with Crippen LogP contribution in [0.3, 0.4) is 0 Å². The molecule has 0 radical (unpaired) electrons. The van der Waals surface area contributed by atoms with Gasteiger partial charge in [0.1, 0.15) is 5.82 Å². The molecule has 16 heavy (non-hydrogen) atoms. The highest BCUT2D eigenvalue weighted by molar-refractivity contribution is 5.27. The van der Waals surface area contributed by atoms with Gasteiger partial charge in [0.15, 0.2) is 0 Å². The molecule has 1 N–H and O–H groups in total. The molecule has 1 nitrogen and oxygen atoms in total. The van der Waals surface area contributed by atoms with Crippen LogP contribution in [0, 0.1) is 24.6 Å². The van der Waals surface area contributed by atoms with Gasteiger partial charge < -0.3 is 5.11 Å². The molecule has 90 valence electrons. The zero-order chi connectivity index (χ0) is 12.3. The second kappa shape index (κ2) is 5.44. The molecule has 0 saturated carbocycles. The van der Waals surface area contributed by atoms with Crippen molar-refractivity contribution in [3.8, 4) is 0 Å². The number of hydrogen-bond donors (Lipinski definition) is 1. The highest BCUT2D eigenvalue weighted by Crippen LogP contribution is 2.20. The van der Waals surface area contributed by atoms with Crippen molar-refractivity contribution in [2.24, 2.45) is 11.8 Å². The topological polar surface area (TPSA) is 20.2 Å². The molecule has 0 amide bonds. The van der Waals surface area contributed by atoms with Crippen LogP contribution >= 0.6 is 0 Å². The average Bonchev–Trinajstić information content (AvgIpc) is 2.20. The first-order valence-electron chi connectivity index (χ1n) is 5.85. The molecule has 0 fully saturated rings. The van der Waals surface area contributed by atoms with E-state index in [0.717, 1.165) is 11.1 Å². The molecule has 2 atom stereocenters. The van der Waals surface area contributed by atoms with Crippen molar-refractivity contribution in [1.82, 2.24) is 0 Å². The SMILES string of the molecule is Cc1cc(F)ccc1CC(O)C(C)C(C)C. The first-order chi connectivity index (χ1) is 7.41. The van der Waals surface area contributed by atoms with E-state index < -0.39 is 0 Å². The number of aliphatic hydroxyl groups is 1. The first-order valence-corrected chi connectivity index (χ1v) is 5.85. The molecule has 0 saturated heterocycles. The van der Waals surface area contributed by atoms with Crippen molar-refractivity contribution in [2.75, 3.05) is 0 Å².